The van der Waals surface area contributed by atoms with Crippen molar-refractivity contribution in [2.75, 3.05) is 6.61 Å². The second-order valence-electron chi connectivity index (χ2n) is 4.98. The van der Waals surface area contributed by atoms with Gasteiger partial charge in [-0.25, -0.2) is 4.98 Å². The Kier molecular flexibility index (Phi) is 4.03. The molecule has 1 aromatic carbocycles. The first-order chi connectivity index (χ1) is 9.74. The molecule has 1 aromatic heterocycles. The van der Waals surface area contributed by atoms with Crippen molar-refractivity contribution < 1.29 is 4.74 Å². The van der Waals surface area contributed by atoms with Gasteiger partial charge in [-0.1, -0.05) is 22.0 Å². The maximum Gasteiger partial charge on any atom is 0.141 e. The lowest BCUT2D eigenvalue weighted by Crippen LogP contribution is -2.25. The predicted octanol–water partition coefficient (Wildman–Crippen LogP) is 3.13. The smallest absolute Gasteiger partial charge is 0.141 e. The van der Waals surface area contributed by atoms with Crippen LogP contribution in [-0.4, -0.2) is 21.8 Å². The number of hydrogen-bond donors (Lipinski definition) is 2. The van der Waals surface area contributed by atoms with Crippen molar-refractivity contribution in [3.05, 3.63) is 40.4 Å². The van der Waals surface area contributed by atoms with E-state index in [9.17, 15) is 0 Å². The molecule has 0 aliphatic carbocycles. The van der Waals surface area contributed by atoms with E-state index in [-0.39, 0.29) is 12.1 Å². The van der Waals surface area contributed by atoms with Gasteiger partial charge in [-0.3, -0.25) is 5.10 Å². The summed E-state index contributed by atoms with van der Waals surface area (Å²) < 4.78 is 6.87. The Morgan fingerprint density at radius 2 is 2.40 bits per heavy atom. The van der Waals surface area contributed by atoms with Crippen LogP contribution in [0, 0.1) is 0 Å². The molecule has 1 aliphatic rings. The van der Waals surface area contributed by atoms with Gasteiger partial charge in [-0.15, -0.1) is 0 Å². The van der Waals surface area contributed by atoms with Gasteiger partial charge in [0, 0.05) is 16.1 Å². The predicted molar refractivity (Wildman–Crippen MR) is 79.5 cm³/mol. The van der Waals surface area contributed by atoms with Crippen LogP contribution in [0.5, 0.6) is 5.75 Å². The summed E-state index contributed by atoms with van der Waals surface area (Å²) in [7, 11) is 0. The van der Waals surface area contributed by atoms with Gasteiger partial charge in [0.2, 0.25) is 0 Å². The topological polar surface area (TPSA) is 62.8 Å². The highest BCUT2D eigenvalue weighted by atomic mass is 79.9. The highest BCUT2D eigenvalue weighted by Crippen LogP contribution is 2.34. The minimum Gasteiger partial charge on any atom is -0.493 e. The van der Waals surface area contributed by atoms with E-state index in [2.05, 4.69) is 55.5 Å². The van der Waals surface area contributed by atoms with Gasteiger partial charge in [0.05, 0.1) is 12.6 Å². The molecule has 3 rings (SSSR count). The number of hydrogen-bond acceptors (Lipinski definition) is 4. The molecule has 0 bridgehead atoms. The van der Waals surface area contributed by atoms with Crippen molar-refractivity contribution in [2.45, 2.75) is 31.8 Å². The van der Waals surface area contributed by atoms with Gasteiger partial charge >= 0.3 is 0 Å². The molecule has 2 atom stereocenters. The number of ether oxygens (including phenoxy) is 1. The first kappa shape index (κ1) is 13.6. The van der Waals surface area contributed by atoms with Crippen molar-refractivity contribution in [2.24, 2.45) is 0 Å². The molecule has 0 saturated carbocycles. The van der Waals surface area contributed by atoms with Crippen LogP contribution in [0.2, 0.25) is 0 Å². The summed E-state index contributed by atoms with van der Waals surface area (Å²) in [6.45, 7) is 2.85. The average molecular weight is 337 g/mol. The van der Waals surface area contributed by atoms with Crippen LogP contribution in [0.25, 0.3) is 0 Å². The zero-order valence-electron chi connectivity index (χ0n) is 11.3. The molecule has 0 radical (unpaired) electrons. The van der Waals surface area contributed by atoms with E-state index in [0.29, 0.717) is 0 Å². The van der Waals surface area contributed by atoms with E-state index in [4.69, 9.17) is 4.74 Å². The van der Waals surface area contributed by atoms with Crippen LogP contribution in [0.1, 0.15) is 43.2 Å². The highest BCUT2D eigenvalue weighted by Gasteiger charge is 2.22. The maximum absolute atomic E-state index is 5.83. The largest absolute Gasteiger partial charge is 0.493 e. The Morgan fingerprint density at radius 3 is 3.20 bits per heavy atom. The van der Waals surface area contributed by atoms with E-state index >= 15 is 0 Å². The summed E-state index contributed by atoms with van der Waals surface area (Å²) >= 11 is 3.49. The molecule has 0 amide bonds. The molecule has 2 unspecified atom stereocenters. The Balaban J connectivity index is 1.83. The molecule has 1 aliphatic heterocycles. The number of rotatable bonds is 3. The summed E-state index contributed by atoms with van der Waals surface area (Å²) in [5.41, 5.74) is 1.21. The number of H-pyrrole nitrogens is 1. The Bertz CT molecular complexity index is 573. The van der Waals surface area contributed by atoms with Crippen LogP contribution >= 0.6 is 15.9 Å². The second-order valence-corrected chi connectivity index (χ2v) is 5.90. The lowest BCUT2D eigenvalue weighted by atomic mass is 10.0. The third-order valence-electron chi connectivity index (χ3n) is 3.54. The number of aromatic nitrogens is 3. The molecule has 0 saturated heterocycles. The SMILES string of the molecule is CC(NC1CCCOc2cc(Br)ccc21)c1ncn[nH]1. The number of nitrogens with zero attached hydrogens (tertiary/aromatic N) is 2. The van der Waals surface area contributed by atoms with E-state index < -0.39 is 0 Å². The van der Waals surface area contributed by atoms with Crippen molar-refractivity contribution in [1.82, 2.24) is 20.5 Å². The average Bonchev–Trinajstić information content (AvgIpc) is 2.90. The van der Waals surface area contributed by atoms with Crippen LogP contribution in [0.3, 0.4) is 0 Å². The summed E-state index contributed by atoms with van der Waals surface area (Å²) in [6, 6.07) is 6.60. The third kappa shape index (κ3) is 2.86. The quantitative estimate of drug-likeness (QED) is 0.903. The van der Waals surface area contributed by atoms with Crippen molar-refractivity contribution in [3.63, 3.8) is 0 Å². The fourth-order valence-corrected chi connectivity index (χ4v) is 2.86. The van der Waals surface area contributed by atoms with Gasteiger partial charge in [0.15, 0.2) is 0 Å². The van der Waals surface area contributed by atoms with Gasteiger partial charge < -0.3 is 10.1 Å². The van der Waals surface area contributed by atoms with Crippen LogP contribution in [0.15, 0.2) is 29.0 Å². The Labute approximate surface area is 126 Å². The molecule has 106 valence electrons. The molecule has 2 aromatic rings. The fourth-order valence-electron chi connectivity index (χ4n) is 2.52. The summed E-state index contributed by atoms with van der Waals surface area (Å²) in [5.74, 6) is 1.81. The highest BCUT2D eigenvalue weighted by molar-refractivity contribution is 9.10. The van der Waals surface area contributed by atoms with E-state index in [1.165, 1.54) is 11.9 Å². The first-order valence-corrected chi connectivity index (χ1v) is 7.57. The third-order valence-corrected chi connectivity index (χ3v) is 4.03. The van der Waals surface area contributed by atoms with E-state index in [0.717, 1.165) is 35.5 Å². The van der Waals surface area contributed by atoms with Crippen LogP contribution in [-0.2, 0) is 0 Å². The molecule has 2 heterocycles. The zero-order valence-corrected chi connectivity index (χ0v) is 12.9. The second kappa shape index (κ2) is 5.93. The Morgan fingerprint density at radius 1 is 1.50 bits per heavy atom. The molecule has 2 N–H and O–H groups in total. The zero-order chi connectivity index (χ0) is 13.9. The minimum atomic E-state index is 0.122. The van der Waals surface area contributed by atoms with Crippen LogP contribution in [0.4, 0.5) is 0 Å². The van der Waals surface area contributed by atoms with Gasteiger partial charge in [-0.2, -0.15) is 5.10 Å². The van der Waals surface area contributed by atoms with Crippen LogP contribution < -0.4 is 10.1 Å². The first-order valence-electron chi connectivity index (χ1n) is 6.77. The number of fused-ring (bicyclic) bond motifs is 1. The van der Waals surface area contributed by atoms with Gasteiger partial charge in [0.25, 0.3) is 0 Å². The number of halogens is 1. The van der Waals surface area contributed by atoms with Crippen molar-refractivity contribution in [3.8, 4) is 5.75 Å². The maximum atomic E-state index is 5.83. The van der Waals surface area contributed by atoms with Crippen molar-refractivity contribution >= 4 is 15.9 Å². The number of benzene rings is 1. The number of aromatic amines is 1. The standard InChI is InChI=1S/C14H17BrN4O/c1-9(14-16-8-17-19-14)18-12-3-2-6-20-13-7-10(15)4-5-11(12)13/h4-5,7-9,12,18H,2-3,6H2,1H3,(H,16,17,19). The van der Waals surface area contributed by atoms with Gasteiger partial charge in [-0.05, 0) is 31.9 Å². The summed E-state index contributed by atoms with van der Waals surface area (Å²) in [5, 5.41) is 10.4. The van der Waals surface area contributed by atoms with Gasteiger partial charge in [0.1, 0.15) is 17.9 Å². The fraction of sp³-hybridized carbons (Fsp3) is 0.429. The summed E-state index contributed by atoms with van der Waals surface area (Å²) in [6.07, 6.45) is 3.62. The molecule has 5 nitrogen and oxygen atoms in total. The van der Waals surface area contributed by atoms with E-state index in [1.54, 1.807) is 0 Å². The minimum absolute atomic E-state index is 0.122. The monoisotopic (exact) mass is 336 g/mol. The molecular formula is C14H17BrN4O. The molecule has 0 fully saturated rings. The lowest BCUT2D eigenvalue weighted by molar-refractivity contribution is 0.314. The molecule has 6 heteroatoms. The molecule has 20 heavy (non-hydrogen) atoms. The van der Waals surface area contributed by atoms with Crippen molar-refractivity contribution in [1.29, 1.82) is 0 Å². The number of nitrogens with one attached hydrogen (secondary N) is 2. The molecular weight excluding hydrogens is 320 g/mol. The molecule has 0 spiro atoms. The van der Waals surface area contributed by atoms with E-state index in [1.807, 2.05) is 6.07 Å². The lowest BCUT2D eigenvalue weighted by Gasteiger charge is -2.22. The summed E-state index contributed by atoms with van der Waals surface area (Å²) in [4.78, 5) is 4.21. The Hall–Kier alpha value is -1.40. The normalized spacial score (nSPS) is 19.8.